The van der Waals surface area contributed by atoms with E-state index in [-0.39, 0.29) is 24.4 Å². The highest BCUT2D eigenvalue weighted by Gasteiger charge is 2.24. The molecule has 5 heteroatoms. The van der Waals surface area contributed by atoms with Crippen molar-refractivity contribution in [1.29, 1.82) is 0 Å². The van der Waals surface area contributed by atoms with E-state index in [4.69, 9.17) is 5.73 Å². The molecule has 1 amide bonds. The molecule has 0 aliphatic heterocycles. The standard InChI is InChI=1S/C11H25N3O2/c1-8(9(2)12)10(15)13-6-11(3,16)7-14(4)5/h8-9,16H,6-7,12H2,1-5H3,(H,13,15). The molecule has 3 unspecified atom stereocenters. The van der Waals surface area contributed by atoms with E-state index in [1.807, 2.05) is 19.0 Å². The largest absolute Gasteiger partial charge is 0.387 e. The second-order valence-electron chi connectivity index (χ2n) is 5.10. The molecule has 16 heavy (non-hydrogen) atoms. The van der Waals surface area contributed by atoms with Crippen LogP contribution in [0.15, 0.2) is 0 Å². The van der Waals surface area contributed by atoms with Crippen LogP contribution in [0.3, 0.4) is 0 Å². The van der Waals surface area contributed by atoms with Gasteiger partial charge in [-0.2, -0.15) is 0 Å². The van der Waals surface area contributed by atoms with Crippen molar-refractivity contribution in [1.82, 2.24) is 10.2 Å². The summed E-state index contributed by atoms with van der Waals surface area (Å²) in [6.45, 7) is 6.01. The SMILES string of the molecule is CC(N)C(C)C(=O)NCC(C)(O)CN(C)C. The number of aliphatic hydroxyl groups is 1. The van der Waals surface area contributed by atoms with Gasteiger partial charge in [0.25, 0.3) is 0 Å². The maximum Gasteiger partial charge on any atom is 0.224 e. The number of carbonyl (C=O) groups excluding carboxylic acids is 1. The van der Waals surface area contributed by atoms with Crippen molar-refractivity contribution >= 4 is 5.91 Å². The maximum atomic E-state index is 11.6. The zero-order chi connectivity index (χ0) is 12.9. The van der Waals surface area contributed by atoms with Crippen molar-refractivity contribution in [2.75, 3.05) is 27.2 Å². The summed E-state index contributed by atoms with van der Waals surface area (Å²) in [7, 11) is 3.75. The number of likely N-dealkylation sites (N-methyl/N-ethyl adjacent to an activating group) is 1. The van der Waals surface area contributed by atoms with E-state index in [9.17, 15) is 9.90 Å². The Kier molecular flexibility index (Phi) is 5.92. The molecule has 5 nitrogen and oxygen atoms in total. The van der Waals surface area contributed by atoms with E-state index in [1.54, 1.807) is 20.8 Å². The highest BCUT2D eigenvalue weighted by molar-refractivity contribution is 5.78. The van der Waals surface area contributed by atoms with Crippen LogP contribution in [-0.2, 0) is 4.79 Å². The molecule has 0 bridgehead atoms. The third kappa shape index (κ3) is 6.05. The maximum absolute atomic E-state index is 11.6. The van der Waals surface area contributed by atoms with Gasteiger partial charge in [-0.1, -0.05) is 6.92 Å². The molecular weight excluding hydrogens is 206 g/mol. The lowest BCUT2D eigenvalue weighted by Gasteiger charge is -2.28. The molecule has 0 heterocycles. The molecule has 4 N–H and O–H groups in total. The summed E-state index contributed by atoms with van der Waals surface area (Å²) in [5.41, 5.74) is 4.71. The minimum Gasteiger partial charge on any atom is -0.387 e. The molecular formula is C11H25N3O2. The molecule has 0 aromatic carbocycles. The molecule has 0 saturated carbocycles. The number of hydrogen-bond donors (Lipinski definition) is 3. The summed E-state index contributed by atoms with van der Waals surface area (Å²) in [5, 5.41) is 12.7. The topological polar surface area (TPSA) is 78.6 Å². The third-order valence-electron chi connectivity index (χ3n) is 2.50. The van der Waals surface area contributed by atoms with E-state index < -0.39 is 5.60 Å². The van der Waals surface area contributed by atoms with Gasteiger partial charge in [0.1, 0.15) is 0 Å². The molecule has 0 aliphatic carbocycles. The molecule has 0 aliphatic rings. The zero-order valence-electron chi connectivity index (χ0n) is 10.9. The summed E-state index contributed by atoms with van der Waals surface area (Å²) in [5.74, 6) is -0.357. The third-order valence-corrected chi connectivity index (χ3v) is 2.50. The molecule has 0 rings (SSSR count). The van der Waals surface area contributed by atoms with Crippen LogP contribution in [0.5, 0.6) is 0 Å². The number of rotatable bonds is 6. The van der Waals surface area contributed by atoms with Crippen LogP contribution in [0.2, 0.25) is 0 Å². The lowest BCUT2D eigenvalue weighted by atomic mass is 10.0. The van der Waals surface area contributed by atoms with Crippen molar-refractivity contribution < 1.29 is 9.90 Å². The van der Waals surface area contributed by atoms with Crippen molar-refractivity contribution in [2.24, 2.45) is 11.7 Å². The Labute approximate surface area is 98.0 Å². The number of nitrogens with zero attached hydrogens (tertiary/aromatic N) is 1. The fourth-order valence-corrected chi connectivity index (χ4v) is 1.41. The highest BCUT2D eigenvalue weighted by Crippen LogP contribution is 2.04. The first-order valence-corrected chi connectivity index (χ1v) is 5.56. The fourth-order valence-electron chi connectivity index (χ4n) is 1.41. The number of nitrogens with two attached hydrogens (primary N) is 1. The Morgan fingerprint density at radius 3 is 2.38 bits per heavy atom. The number of carbonyl (C=O) groups is 1. The van der Waals surface area contributed by atoms with Crippen molar-refractivity contribution in [3.63, 3.8) is 0 Å². The molecule has 0 aromatic heterocycles. The molecule has 96 valence electrons. The monoisotopic (exact) mass is 231 g/mol. The Hall–Kier alpha value is -0.650. The highest BCUT2D eigenvalue weighted by atomic mass is 16.3. The smallest absolute Gasteiger partial charge is 0.224 e. The lowest BCUT2D eigenvalue weighted by molar-refractivity contribution is -0.126. The van der Waals surface area contributed by atoms with Crippen LogP contribution >= 0.6 is 0 Å². The van der Waals surface area contributed by atoms with Gasteiger partial charge in [-0.05, 0) is 27.9 Å². The minimum absolute atomic E-state index is 0.117. The first kappa shape index (κ1) is 15.3. The second kappa shape index (κ2) is 6.18. The summed E-state index contributed by atoms with van der Waals surface area (Å²) in [6.07, 6.45) is 0. The van der Waals surface area contributed by atoms with Crippen LogP contribution in [-0.4, -0.2) is 54.7 Å². The lowest BCUT2D eigenvalue weighted by Crippen LogP contribution is -2.49. The number of amides is 1. The molecule has 0 fully saturated rings. The molecule has 0 spiro atoms. The van der Waals surface area contributed by atoms with Crippen molar-refractivity contribution in [3.8, 4) is 0 Å². The Morgan fingerprint density at radius 2 is 2.00 bits per heavy atom. The predicted molar refractivity (Wildman–Crippen MR) is 65.0 cm³/mol. The van der Waals surface area contributed by atoms with Gasteiger partial charge in [0.2, 0.25) is 5.91 Å². The first-order valence-electron chi connectivity index (χ1n) is 5.56. The van der Waals surface area contributed by atoms with E-state index in [0.717, 1.165) is 0 Å². The van der Waals surface area contributed by atoms with Crippen LogP contribution in [0.1, 0.15) is 20.8 Å². The summed E-state index contributed by atoms with van der Waals surface area (Å²) >= 11 is 0. The number of nitrogens with one attached hydrogen (secondary N) is 1. The molecule has 0 aromatic rings. The minimum atomic E-state index is -0.920. The predicted octanol–water partition coefficient (Wildman–Crippen LogP) is -0.601. The first-order chi connectivity index (χ1) is 7.15. The van der Waals surface area contributed by atoms with Crippen LogP contribution in [0.25, 0.3) is 0 Å². The Morgan fingerprint density at radius 1 is 1.50 bits per heavy atom. The van der Waals surface area contributed by atoms with Gasteiger partial charge in [-0.3, -0.25) is 4.79 Å². The normalized spacial score (nSPS) is 19.0. The van der Waals surface area contributed by atoms with E-state index in [0.29, 0.717) is 6.54 Å². The van der Waals surface area contributed by atoms with Crippen molar-refractivity contribution in [3.05, 3.63) is 0 Å². The molecule has 0 radical (unpaired) electrons. The average Bonchev–Trinajstić information content (AvgIpc) is 2.10. The van der Waals surface area contributed by atoms with Crippen LogP contribution < -0.4 is 11.1 Å². The van der Waals surface area contributed by atoms with Crippen LogP contribution in [0.4, 0.5) is 0 Å². The second-order valence-corrected chi connectivity index (χ2v) is 5.10. The van der Waals surface area contributed by atoms with Crippen LogP contribution in [0, 0.1) is 5.92 Å². The summed E-state index contributed by atoms with van der Waals surface area (Å²) in [6, 6.07) is -0.182. The quantitative estimate of drug-likeness (QED) is 0.570. The summed E-state index contributed by atoms with van der Waals surface area (Å²) < 4.78 is 0. The van der Waals surface area contributed by atoms with E-state index in [2.05, 4.69) is 5.32 Å². The van der Waals surface area contributed by atoms with E-state index in [1.165, 1.54) is 0 Å². The fraction of sp³-hybridized carbons (Fsp3) is 0.909. The van der Waals surface area contributed by atoms with Crippen molar-refractivity contribution in [2.45, 2.75) is 32.4 Å². The Bertz CT molecular complexity index is 227. The molecule has 0 saturated heterocycles. The average molecular weight is 231 g/mol. The van der Waals surface area contributed by atoms with Gasteiger partial charge >= 0.3 is 0 Å². The summed E-state index contributed by atoms with van der Waals surface area (Å²) in [4.78, 5) is 13.5. The van der Waals surface area contributed by atoms with E-state index >= 15 is 0 Å². The number of hydrogen-bond acceptors (Lipinski definition) is 4. The molecule has 3 atom stereocenters. The zero-order valence-corrected chi connectivity index (χ0v) is 10.9. The van der Waals surface area contributed by atoms with Gasteiger partial charge in [-0.15, -0.1) is 0 Å². The van der Waals surface area contributed by atoms with Gasteiger partial charge in [0.15, 0.2) is 0 Å². The van der Waals surface area contributed by atoms with Gasteiger partial charge in [0, 0.05) is 25.0 Å². The van der Waals surface area contributed by atoms with Gasteiger partial charge < -0.3 is 21.1 Å². The van der Waals surface area contributed by atoms with Gasteiger partial charge in [0.05, 0.1) is 5.60 Å². The van der Waals surface area contributed by atoms with Gasteiger partial charge in [-0.25, -0.2) is 0 Å². The Balaban J connectivity index is 4.09.